The molecule has 12 rings (SSSR count). The van der Waals surface area contributed by atoms with E-state index < -0.39 is 68.2 Å². The van der Waals surface area contributed by atoms with Crippen LogP contribution in [-0.4, -0.2) is 99.5 Å². The molecule has 3 aromatic rings. The standard InChI is InChI=1S/C64H89N3O8/c1-58(2)57(75-58)48(71)30-59(3)19-14-39-33-66-53-44(46(36-68)42-27-40(37-12-10-9-11-13-37)26-41(28-42)38-17-24-74-25-18-38)34-67(54(39)53)35-45-51-52(59)47(70)31-62(51,6)61(5)20-16-49-60(4,22-23-65-8)50(72)32-64(21-15-43(69)29-64)63(49,7)56(61)55(45)73/h26-28,33-34,36-38,43,45-46,48-49,55-57,65-66,69,71,73H,9-25,29-32,35H2,1-8H3. The first kappa shape index (κ1) is 52.3. The molecule has 0 amide bonds. The zero-order valence-corrected chi connectivity index (χ0v) is 46.6. The molecule has 75 heavy (non-hydrogen) atoms. The Morgan fingerprint density at radius 1 is 0.893 bits per heavy atom. The van der Waals surface area contributed by atoms with Crippen molar-refractivity contribution in [2.75, 3.05) is 26.8 Å². The fourth-order valence-electron chi connectivity index (χ4n) is 19.8. The highest BCUT2D eigenvalue weighted by Gasteiger charge is 2.77. The van der Waals surface area contributed by atoms with Gasteiger partial charge in [-0.05, 0) is 184 Å². The van der Waals surface area contributed by atoms with Gasteiger partial charge in [0.05, 0.1) is 40.9 Å². The predicted octanol–water partition coefficient (Wildman–Crippen LogP) is 10.5. The molecule has 9 aliphatic rings. The average molecular weight is 1030 g/mol. The molecule has 5 saturated carbocycles. The molecule has 5 N–H and O–H groups in total. The van der Waals surface area contributed by atoms with Crippen LogP contribution in [0.1, 0.15) is 203 Å². The highest BCUT2D eigenvalue weighted by atomic mass is 16.6. The van der Waals surface area contributed by atoms with Crippen LogP contribution in [0.2, 0.25) is 0 Å². The topological polar surface area (TPSA) is 166 Å². The molecule has 3 aliphatic heterocycles. The van der Waals surface area contributed by atoms with Gasteiger partial charge in [0.1, 0.15) is 18.2 Å². The van der Waals surface area contributed by atoms with Gasteiger partial charge in [0, 0.05) is 72.9 Å². The van der Waals surface area contributed by atoms with Crippen molar-refractivity contribution in [3.05, 3.63) is 69.6 Å². The van der Waals surface area contributed by atoms with Gasteiger partial charge < -0.3 is 44.5 Å². The number of aldehydes is 1. The van der Waals surface area contributed by atoms with Crippen molar-refractivity contribution >= 4 is 28.9 Å². The molecule has 6 aliphatic carbocycles. The van der Waals surface area contributed by atoms with E-state index in [1.807, 2.05) is 20.9 Å². The lowest BCUT2D eigenvalue weighted by molar-refractivity contribution is -0.262. The molecular weight excluding hydrogens is 939 g/mol. The van der Waals surface area contributed by atoms with E-state index in [4.69, 9.17) is 9.47 Å². The predicted molar refractivity (Wildman–Crippen MR) is 291 cm³/mol. The Morgan fingerprint density at radius 2 is 1.60 bits per heavy atom. The number of carbonyl (C=O) groups excluding carboxylic acids is 3. The first-order chi connectivity index (χ1) is 35.7. The number of aryl methyl sites for hydroxylation is 1. The number of nitrogens with one attached hydrogen (secondary N) is 2. The quantitative estimate of drug-likeness (QED) is 0.0928. The lowest BCUT2D eigenvalue weighted by Gasteiger charge is -2.74. The number of rotatable bonds is 11. The van der Waals surface area contributed by atoms with Gasteiger partial charge in [0.15, 0.2) is 5.78 Å². The van der Waals surface area contributed by atoms with Crippen molar-refractivity contribution in [2.24, 2.45) is 50.2 Å². The fraction of sp³-hybridized carbons (Fsp3) is 0.734. The van der Waals surface area contributed by atoms with E-state index in [2.05, 4.69) is 80.1 Å². The molecule has 0 bridgehead atoms. The Bertz CT molecular complexity index is 2760. The summed E-state index contributed by atoms with van der Waals surface area (Å²) in [6.07, 6.45) is 17.4. The first-order valence-electron chi connectivity index (χ1n) is 29.7. The number of fused-ring (bicyclic) bond motifs is 5. The minimum absolute atomic E-state index is 0.0323. The second kappa shape index (κ2) is 18.3. The van der Waals surface area contributed by atoms with Crippen molar-refractivity contribution in [3.8, 4) is 0 Å². The number of carbonyl (C=O) groups is 3. The molecule has 1 spiro atoms. The maximum absolute atomic E-state index is 15.7. The van der Waals surface area contributed by atoms with Gasteiger partial charge in [-0.25, -0.2) is 0 Å². The molecule has 7 fully saturated rings. The molecule has 2 saturated heterocycles. The summed E-state index contributed by atoms with van der Waals surface area (Å²) in [7, 11) is 1.96. The monoisotopic (exact) mass is 1030 g/mol. The number of aliphatic hydroxyl groups excluding tert-OH is 3. The van der Waals surface area contributed by atoms with Gasteiger partial charge >= 0.3 is 0 Å². The van der Waals surface area contributed by atoms with E-state index in [1.165, 1.54) is 43.2 Å². The summed E-state index contributed by atoms with van der Waals surface area (Å²) >= 11 is 0. The Balaban J connectivity index is 1.04. The maximum Gasteiger partial charge on any atom is 0.160 e. The Kier molecular flexibility index (Phi) is 12.8. The van der Waals surface area contributed by atoms with E-state index in [0.717, 1.165) is 90.5 Å². The third-order valence-corrected chi connectivity index (χ3v) is 24.0. The third kappa shape index (κ3) is 7.70. The van der Waals surface area contributed by atoms with Crippen molar-refractivity contribution in [3.63, 3.8) is 0 Å². The van der Waals surface area contributed by atoms with Gasteiger partial charge in [-0.3, -0.25) is 9.59 Å². The van der Waals surface area contributed by atoms with Crippen LogP contribution in [0.15, 0.2) is 41.7 Å². The molecule has 0 radical (unpaired) electrons. The van der Waals surface area contributed by atoms with Crippen LogP contribution >= 0.6 is 0 Å². The van der Waals surface area contributed by atoms with Crippen molar-refractivity contribution in [1.29, 1.82) is 0 Å². The Labute approximate surface area is 446 Å². The highest BCUT2D eigenvalue weighted by Crippen LogP contribution is 2.80. The minimum Gasteiger partial charge on any atom is -0.393 e. The van der Waals surface area contributed by atoms with E-state index in [0.29, 0.717) is 82.1 Å². The normalized spacial score (nSPS) is 40.6. The molecule has 11 nitrogen and oxygen atoms in total. The van der Waals surface area contributed by atoms with E-state index in [9.17, 15) is 24.9 Å². The van der Waals surface area contributed by atoms with Crippen molar-refractivity contribution in [1.82, 2.24) is 14.9 Å². The second-order valence-electron chi connectivity index (χ2n) is 28.2. The van der Waals surface area contributed by atoms with Crippen LogP contribution < -0.4 is 5.32 Å². The molecule has 1 aromatic carbocycles. The van der Waals surface area contributed by atoms with Crippen LogP contribution in [-0.2, 0) is 36.8 Å². The number of allylic oxidation sites excluding steroid dienone is 1. The Morgan fingerprint density at radius 3 is 2.25 bits per heavy atom. The number of aromatic nitrogens is 2. The van der Waals surface area contributed by atoms with E-state index >= 15 is 4.79 Å². The molecule has 5 heterocycles. The van der Waals surface area contributed by atoms with Crippen LogP contribution in [0, 0.1) is 50.2 Å². The van der Waals surface area contributed by atoms with Gasteiger partial charge in [-0.1, -0.05) is 72.1 Å². The number of ether oxygens (including phenoxy) is 2. The largest absolute Gasteiger partial charge is 0.393 e. The summed E-state index contributed by atoms with van der Waals surface area (Å²) in [6.45, 7) is 18.2. The van der Waals surface area contributed by atoms with Crippen LogP contribution in [0.4, 0.5) is 0 Å². The second-order valence-corrected chi connectivity index (χ2v) is 28.2. The number of aromatic amines is 1. The maximum atomic E-state index is 15.7. The number of benzene rings is 1. The van der Waals surface area contributed by atoms with Crippen LogP contribution in [0.3, 0.4) is 0 Å². The molecule has 408 valence electrons. The molecule has 14 atom stereocenters. The van der Waals surface area contributed by atoms with E-state index in [-0.39, 0.29) is 23.7 Å². The van der Waals surface area contributed by atoms with Crippen molar-refractivity contribution < 1.29 is 39.2 Å². The number of nitrogens with zero attached hydrogens (tertiary/aromatic N) is 1. The number of ketones is 2. The van der Waals surface area contributed by atoms with Gasteiger partial charge in [-0.2, -0.15) is 0 Å². The average Bonchev–Trinajstić information content (AvgIpc) is 3.82. The fourth-order valence-corrected chi connectivity index (χ4v) is 19.8. The lowest BCUT2D eigenvalue weighted by atomic mass is 9.30. The van der Waals surface area contributed by atoms with Crippen molar-refractivity contribution in [2.45, 2.75) is 218 Å². The molecule has 14 unspecified atom stereocenters. The van der Waals surface area contributed by atoms with Gasteiger partial charge in [0.25, 0.3) is 0 Å². The summed E-state index contributed by atoms with van der Waals surface area (Å²) in [4.78, 5) is 48.5. The molecule has 11 heteroatoms. The first-order valence-corrected chi connectivity index (χ1v) is 29.7. The molecule has 2 aromatic heterocycles. The molecular formula is C64H89N3O8. The third-order valence-electron chi connectivity index (χ3n) is 24.0. The number of aliphatic hydroxyl groups is 3. The summed E-state index contributed by atoms with van der Waals surface area (Å²) in [5.41, 5.74) is 5.50. The summed E-state index contributed by atoms with van der Waals surface area (Å²) < 4.78 is 14.3. The SMILES string of the molecule is CNCCC1(C)C(=O)CC2(CCC(O)C2)C2(C)C1CCC1(C)C2C(O)C2Cn3cc(C(C=O)c4cc(C5CCCCC5)cc(C5CCOCC5)c4)c4[nH]cc(c43)CCC(C)(CC(O)C3OC3(C)C)C3=C2C1(C)CC3=O. The number of hydrogen-bond acceptors (Lipinski definition) is 9. The summed E-state index contributed by atoms with van der Waals surface area (Å²) in [5, 5.41) is 41.5. The number of epoxide rings is 1. The number of hydrogen-bond donors (Lipinski definition) is 5. The smallest absolute Gasteiger partial charge is 0.160 e. The zero-order chi connectivity index (χ0) is 52.8. The number of Topliss-reactive ketones (excluding diaryl/α,β-unsaturated/α-hetero) is 2. The van der Waals surface area contributed by atoms with Gasteiger partial charge in [-0.15, -0.1) is 0 Å². The Hall–Kier alpha value is -3.45. The highest BCUT2D eigenvalue weighted by molar-refractivity contribution is 6.02. The summed E-state index contributed by atoms with van der Waals surface area (Å²) in [6, 6.07) is 7.11. The lowest BCUT2D eigenvalue weighted by Crippen LogP contribution is -2.72. The number of H-pyrrole nitrogens is 1. The van der Waals surface area contributed by atoms with Crippen LogP contribution in [0.25, 0.3) is 11.0 Å². The summed E-state index contributed by atoms with van der Waals surface area (Å²) in [5.74, 6) is -0.0945. The zero-order valence-electron chi connectivity index (χ0n) is 46.6. The van der Waals surface area contributed by atoms with E-state index in [1.54, 1.807) is 0 Å². The minimum atomic E-state index is -0.901. The van der Waals surface area contributed by atoms with Crippen LogP contribution in [0.5, 0.6) is 0 Å². The van der Waals surface area contributed by atoms with Gasteiger partial charge in [0.2, 0.25) is 0 Å².